The molecule has 4 heteroatoms. The number of para-hydroxylation sites is 1. The van der Waals surface area contributed by atoms with E-state index in [0.29, 0.717) is 5.92 Å². The molecule has 0 radical (unpaired) electrons. The lowest BCUT2D eigenvalue weighted by Crippen LogP contribution is -2.37. The van der Waals surface area contributed by atoms with Crippen LogP contribution >= 0.6 is 11.3 Å². The van der Waals surface area contributed by atoms with Gasteiger partial charge in [0, 0.05) is 6.54 Å². The van der Waals surface area contributed by atoms with Crippen LogP contribution in [0.4, 0.5) is 0 Å². The molecule has 0 saturated carbocycles. The maximum Gasteiger partial charge on any atom is 0.108 e. The number of likely N-dealkylation sites (tertiary alicyclic amines) is 1. The van der Waals surface area contributed by atoms with E-state index < -0.39 is 0 Å². The second kappa shape index (κ2) is 5.34. The molecule has 1 unspecified atom stereocenters. The Morgan fingerprint density at radius 1 is 1.39 bits per heavy atom. The number of hydrogen-bond acceptors (Lipinski definition) is 4. The Hall–Kier alpha value is -0.970. The molecule has 2 aromatic rings. The number of nitrogens with two attached hydrogens (primary N) is 1. The van der Waals surface area contributed by atoms with Crippen LogP contribution in [0.3, 0.4) is 0 Å². The zero-order valence-electron chi connectivity index (χ0n) is 10.5. The van der Waals surface area contributed by atoms with Gasteiger partial charge in [0.2, 0.25) is 0 Å². The number of piperidine rings is 1. The van der Waals surface area contributed by atoms with Gasteiger partial charge in [0.25, 0.3) is 0 Å². The van der Waals surface area contributed by atoms with E-state index in [1.165, 1.54) is 29.1 Å². The van der Waals surface area contributed by atoms with Gasteiger partial charge >= 0.3 is 0 Å². The molecule has 96 valence electrons. The fourth-order valence-electron chi connectivity index (χ4n) is 2.67. The molecule has 1 aliphatic heterocycles. The number of benzene rings is 1. The monoisotopic (exact) mass is 261 g/mol. The third-order valence-corrected chi connectivity index (χ3v) is 4.65. The predicted octanol–water partition coefficient (Wildman–Crippen LogP) is 2.47. The minimum absolute atomic E-state index is 0.674. The van der Waals surface area contributed by atoms with Gasteiger partial charge in [0.05, 0.1) is 16.8 Å². The molecule has 2 heterocycles. The summed E-state index contributed by atoms with van der Waals surface area (Å²) >= 11 is 1.82. The molecule has 1 saturated heterocycles. The van der Waals surface area contributed by atoms with Crippen molar-refractivity contribution < 1.29 is 0 Å². The molecule has 1 atom stereocenters. The molecule has 2 N–H and O–H groups in total. The Bertz CT molecular complexity index is 489. The van der Waals surface area contributed by atoms with E-state index in [-0.39, 0.29) is 0 Å². The number of fused-ring (bicyclic) bond motifs is 1. The molecular formula is C14H19N3S. The second-order valence-corrected chi connectivity index (χ2v) is 6.17. The van der Waals surface area contributed by atoms with Crippen LogP contribution in [-0.4, -0.2) is 29.5 Å². The smallest absolute Gasteiger partial charge is 0.108 e. The maximum absolute atomic E-state index is 5.78. The van der Waals surface area contributed by atoms with Gasteiger partial charge < -0.3 is 5.73 Å². The largest absolute Gasteiger partial charge is 0.330 e. The number of aromatic nitrogens is 1. The zero-order valence-corrected chi connectivity index (χ0v) is 11.3. The Balaban J connectivity index is 1.71. The van der Waals surface area contributed by atoms with Gasteiger partial charge in [-0.1, -0.05) is 12.1 Å². The first-order valence-electron chi connectivity index (χ1n) is 6.62. The van der Waals surface area contributed by atoms with Crippen LogP contribution in [0.15, 0.2) is 24.3 Å². The molecule has 3 rings (SSSR count). The topological polar surface area (TPSA) is 42.1 Å². The first-order valence-corrected chi connectivity index (χ1v) is 7.43. The average Bonchev–Trinajstić information content (AvgIpc) is 2.81. The Kier molecular flexibility index (Phi) is 3.59. The molecular weight excluding hydrogens is 242 g/mol. The number of nitrogens with zero attached hydrogens (tertiary/aromatic N) is 2. The molecule has 3 nitrogen and oxygen atoms in total. The lowest BCUT2D eigenvalue weighted by Gasteiger charge is -2.31. The summed E-state index contributed by atoms with van der Waals surface area (Å²) in [7, 11) is 0. The summed E-state index contributed by atoms with van der Waals surface area (Å²) < 4.78 is 1.29. The Morgan fingerprint density at radius 2 is 2.28 bits per heavy atom. The minimum Gasteiger partial charge on any atom is -0.330 e. The molecule has 1 aliphatic rings. The molecule has 0 aliphatic carbocycles. The van der Waals surface area contributed by atoms with Crippen molar-refractivity contribution >= 4 is 21.6 Å². The van der Waals surface area contributed by atoms with Crippen molar-refractivity contribution in [2.24, 2.45) is 11.7 Å². The Morgan fingerprint density at radius 3 is 3.11 bits per heavy atom. The molecule has 1 aromatic carbocycles. The van der Waals surface area contributed by atoms with Crippen molar-refractivity contribution in [2.45, 2.75) is 19.4 Å². The number of hydrogen-bond donors (Lipinski definition) is 1. The standard InChI is InChI=1S/C14H19N3S/c15-8-11-4-3-7-17(9-11)10-14-16-12-5-1-2-6-13(12)18-14/h1-2,5-6,11H,3-4,7-10,15H2. The average molecular weight is 261 g/mol. The SMILES string of the molecule is NCC1CCCN(Cc2nc3ccccc3s2)C1. The van der Waals surface area contributed by atoms with Gasteiger partial charge in [-0.15, -0.1) is 11.3 Å². The molecule has 0 amide bonds. The van der Waals surface area contributed by atoms with Crippen molar-refractivity contribution in [3.05, 3.63) is 29.3 Å². The van der Waals surface area contributed by atoms with Gasteiger partial charge in [-0.05, 0) is 44.0 Å². The van der Waals surface area contributed by atoms with Gasteiger partial charge in [0.15, 0.2) is 0 Å². The maximum atomic E-state index is 5.78. The summed E-state index contributed by atoms with van der Waals surface area (Å²) in [6, 6.07) is 8.37. The lowest BCUT2D eigenvalue weighted by molar-refractivity contribution is 0.171. The zero-order chi connectivity index (χ0) is 12.4. The van der Waals surface area contributed by atoms with Crippen LogP contribution in [0.5, 0.6) is 0 Å². The fourth-order valence-corrected chi connectivity index (χ4v) is 3.68. The van der Waals surface area contributed by atoms with Crippen LogP contribution in [-0.2, 0) is 6.54 Å². The molecule has 0 spiro atoms. The highest BCUT2D eigenvalue weighted by Gasteiger charge is 2.19. The normalized spacial score (nSPS) is 21.5. The van der Waals surface area contributed by atoms with Crippen molar-refractivity contribution in [2.75, 3.05) is 19.6 Å². The third kappa shape index (κ3) is 2.55. The summed E-state index contributed by atoms with van der Waals surface area (Å²) in [6.07, 6.45) is 2.56. The van der Waals surface area contributed by atoms with E-state index in [1.807, 2.05) is 11.3 Å². The van der Waals surface area contributed by atoms with Crippen LogP contribution in [0, 0.1) is 5.92 Å². The highest BCUT2D eigenvalue weighted by molar-refractivity contribution is 7.18. The molecule has 18 heavy (non-hydrogen) atoms. The van der Waals surface area contributed by atoms with Crippen LogP contribution in [0.2, 0.25) is 0 Å². The van der Waals surface area contributed by atoms with E-state index in [9.17, 15) is 0 Å². The van der Waals surface area contributed by atoms with E-state index in [1.54, 1.807) is 0 Å². The Labute approximate surface area is 112 Å². The summed E-state index contributed by atoms with van der Waals surface area (Å²) in [5, 5.41) is 1.23. The quantitative estimate of drug-likeness (QED) is 0.923. The number of rotatable bonds is 3. The van der Waals surface area contributed by atoms with Crippen LogP contribution < -0.4 is 5.73 Å². The third-order valence-electron chi connectivity index (χ3n) is 3.63. The summed E-state index contributed by atoms with van der Waals surface area (Å²) in [5.41, 5.74) is 6.91. The summed E-state index contributed by atoms with van der Waals surface area (Å²) in [6.45, 7) is 4.12. The highest BCUT2D eigenvalue weighted by Crippen LogP contribution is 2.24. The van der Waals surface area contributed by atoms with Crippen molar-refractivity contribution in [1.29, 1.82) is 0 Å². The summed E-state index contributed by atoms with van der Waals surface area (Å²) in [4.78, 5) is 7.20. The van der Waals surface area contributed by atoms with Crippen molar-refractivity contribution in [1.82, 2.24) is 9.88 Å². The fraction of sp³-hybridized carbons (Fsp3) is 0.500. The van der Waals surface area contributed by atoms with Gasteiger partial charge in [-0.3, -0.25) is 4.90 Å². The van der Waals surface area contributed by atoms with E-state index in [2.05, 4.69) is 29.2 Å². The molecule has 1 fully saturated rings. The van der Waals surface area contributed by atoms with Gasteiger partial charge in [0.1, 0.15) is 5.01 Å². The lowest BCUT2D eigenvalue weighted by atomic mass is 9.98. The van der Waals surface area contributed by atoms with E-state index in [0.717, 1.165) is 25.2 Å². The van der Waals surface area contributed by atoms with Gasteiger partial charge in [-0.25, -0.2) is 4.98 Å². The molecule has 0 bridgehead atoms. The minimum atomic E-state index is 0.674. The predicted molar refractivity (Wildman–Crippen MR) is 76.7 cm³/mol. The van der Waals surface area contributed by atoms with Crippen LogP contribution in [0.1, 0.15) is 17.8 Å². The van der Waals surface area contributed by atoms with E-state index >= 15 is 0 Å². The first-order chi connectivity index (χ1) is 8.85. The number of thiazole rings is 1. The van der Waals surface area contributed by atoms with Crippen molar-refractivity contribution in [3.8, 4) is 0 Å². The first kappa shape index (κ1) is 12.1. The second-order valence-electron chi connectivity index (χ2n) is 5.05. The van der Waals surface area contributed by atoms with Gasteiger partial charge in [-0.2, -0.15) is 0 Å². The van der Waals surface area contributed by atoms with Crippen molar-refractivity contribution in [3.63, 3.8) is 0 Å². The summed E-state index contributed by atoms with van der Waals surface area (Å²) in [5.74, 6) is 0.674. The van der Waals surface area contributed by atoms with E-state index in [4.69, 9.17) is 10.7 Å². The highest BCUT2D eigenvalue weighted by atomic mass is 32.1. The van der Waals surface area contributed by atoms with Crippen LogP contribution in [0.25, 0.3) is 10.2 Å². The molecule has 1 aromatic heterocycles.